The summed E-state index contributed by atoms with van der Waals surface area (Å²) in [5.74, 6) is -0.0981. The van der Waals surface area contributed by atoms with Gasteiger partial charge in [-0.3, -0.25) is 0 Å². The molecule has 0 aliphatic heterocycles. The second-order valence-electron chi connectivity index (χ2n) is 4.34. The van der Waals surface area contributed by atoms with Gasteiger partial charge in [0.15, 0.2) is 0 Å². The average Bonchev–Trinajstić information content (AvgIpc) is 2.25. The van der Waals surface area contributed by atoms with Crippen LogP contribution in [0.3, 0.4) is 0 Å². The quantitative estimate of drug-likeness (QED) is 0.685. The summed E-state index contributed by atoms with van der Waals surface area (Å²) in [5, 5.41) is 11.8. The molecule has 86 valence electrons. The monoisotopic (exact) mass is 211 g/mol. The lowest BCUT2D eigenvalue weighted by Gasteiger charge is -2.28. The van der Waals surface area contributed by atoms with Crippen molar-refractivity contribution >= 4 is 5.97 Å². The zero-order chi connectivity index (χ0) is 11.1. The molecule has 3 heteroatoms. The van der Waals surface area contributed by atoms with Gasteiger partial charge in [-0.25, -0.2) is 4.79 Å². The van der Waals surface area contributed by atoms with Crippen molar-refractivity contribution in [2.24, 2.45) is 5.92 Å². The van der Waals surface area contributed by atoms with Crippen molar-refractivity contribution < 1.29 is 9.90 Å². The van der Waals surface area contributed by atoms with Crippen LogP contribution in [0.2, 0.25) is 0 Å². The van der Waals surface area contributed by atoms with Gasteiger partial charge in [-0.2, -0.15) is 0 Å². The highest BCUT2D eigenvalue weighted by molar-refractivity contribution is 5.79. The van der Waals surface area contributed by atoms with Gasteiger partial charge in [-0.1, -0.05) is 25.3 Å². The molecule has 1 saturated carbocycles. The fraction of sp³-hybridized carbons (Fsp3) is 0.750. The van der Waals surface area contributed by atoms with Crippen LogP contribution in [-0.2, 0) is 4.79 Å². The largest absolute Gasteiger partial charge is 0.478 e. The predicted octanol–water partition coefficient (Wildman–Crippen LogP) is 2.19. The van der Waals surface area contributed by atoms with Gasteiger partial charge in [0, 0.05) is 18.7 Å². The van der Waals surface area contributed by atoms with Crippen molar-refractivity contribution in [1.82, 2.24) is 5.32 Å². The van der Waals surface area contributed by atoms with E-state index in [1.807, 2.05) is 0 Å². The Balaban J connectivity index is 2.17. The van der Waals surface area contributed by atoms with Crippen LogP contribution in [0.4, 0.5) is 0 Å². The summed E-state index contributed by atoms with van der Waals surface area (Å²) in [5.41, 5.74) is 0. The van der Waals surface area contributed by atoms with E-state index in [-0.39, 0.29) is 0 Å². The van der Waals surface area contributed by atoms with Crippen LogP contribution in [0, 0.1) is 5.92 Å². The Labute approximate surface area is 91.6 Å². The van der Waals surface area contributed by atoms with Crippen molar-refractivity contribution in [2.75, 3.05) is 6.54 Å². The third kappa shape index (κ3) is 4.98. The first-order valence-electron chi connectivity index (χ1n) is 5.83. The van der Waals surface area contributed by atoms with Crippen LogP contribution in [0.5, 0.6) is 0 Å². The zero-order valence-electron chi connectivity index (χ0n) is 9.41. The highest BCUT2D eigenvalue weighted by Crippen LogP contribution is 2.26. The third-order valence-electron chi connectivity index (χ3n) is 3.18. The van der Waals surface area contributed by atoms with Gasteiger partial charge in [0.2, 0.25) is 0 Å². The summed E-state index contributed by atoms with van der Waals surface area (Å²) in [4.78, 5) is 10.2. The van der Waals surface area contributed by atoms with E-state index in [9.17, 15) is 4.79 Å². The molecule has 1 aliphatic rings. The van der Waals surface area contributed by atoms with Crippen molar-refractivity contribution in [3.05, 3.63) is 12.2 Å². The van der Waals surface area contributed by atoms with E-state index in [2.05, 4.69) is 12.2 Å². The van der Waals surface area contributed by atoms with Gasteiger partial charge in [0.1, 0.15) is 0 Å². The Morgan fingerprint density at radius 1 is 1.47 bits per heavy atom. The summed E-state index contributed by atoms with van der Waals surface area (Å²) < 4.78 is 0. The van der Waals surface area contributed by atoms with Gasteiger partial charge in [-0.15, -0.1) is 0 Å². The van der Waals surface area contributed by atoms with E-state index in [0.717, 1.165) is 5.92 Å². The maximum atomic E-state index is 10.2. The van der Waals surface area contributed by atoms with Crippen molar-refractivity contribution in [2.45, 2.75) is 45.1 Å². The molecule has 0 aromatic carbocycles. The molecule has 0 unspecified atom stereocenters. The highest BCUT2D eigenvalue weighted by atomic mass is 16.4. The molecule has 0 spiro atoms. The standard InChI is InChI=1S/C12H21NO2/c1-10(11-6-3-2-4-7-11)13-9-5-8-12(14)15/h5,8,10-11,13H,2-4,6-7,9H2,1H3,(H,14,15)/b8-5+/t10-/m1/s1. The fourth-order valence-corrected chi connectivity index (χ4v) is 2.21. The molecule has 0 bridgehead atoms. The number of hydrogen-bond donors (Lipinski definition) is 2. The molecule has 15 heavy (non-hydrogen) atoms. The Kier molecular flexibility index (Phi) is 5.40. The highest BCUT2D eigenvalue weighted by Gasteiger charge is 2.18. The second-order valence-corrected chi connectivity index (χ2v) is 4.34. The number of carboxylic acids is 1. The molecule has 1 aliphatic carbocycles. The molecule has 0 heterocycles. The minimum Gasteiger partial charge on any atom is -0.478 e. The smallest absolute Gasteiger partial charge is 0.328 e. The number of carbonyl (C=O) groups is 1. The molecule has 0 saturated heterocycles. The molecule has 1 rings (SSSR count). The summed E-state index contributed by atoms with van der Waals surface area (Å²) in [6.07, 6.45) is 9.57. The van der Waals surface area contributed by atoms with E-state index in [0.29, 0.717) is 12.6 Å². The number of hydrogen-bond acceptors (Lipinski definition) is 2. The predicted molar refractivity (Wildman–Crippen MR) is 60.8 cm³/mol. The van der Waals surface area contributed by atoms with E-state index >= 15 is 0 Å². The summed E-state index contributed by atoms with van der Waals surface area (Å²) in [7, 11) is 0. The van der Waals surface area contributed by atoms with Crippen LogP contribution >= 0.6 is 0 Å². The number of nitrogens with one attached hydrogen (secondary N) is 1. The van der Waals surface area contributed by atoms with E-state index in [1.54, 1.807) is 6.08 Å². The van der Waals surface area contributed by atoms with Crippen LogP contribution < -0.4 is 5.32 Å². The van der Waals surface area contributed by atoms with E-state index in [1.165, 1.54) is 38.2 Å². The van der Waals surface area contributed by atoms with Crippen molar-refractivity contribution in [3.63, 3.8) is 0 Å². The Morgan fingerprint density at radius 2 is 2.13 bits per heavy atom. The van der Waals surface area contributed by atoms with Crippen LogP contribution in [0.15, 0.2) is 12.2 Å². The molecule has 0 aromatic heterocycles. The first-order chi connectivity index (χ1) is 7.20. The summed E-state index contributed by atoms with van der Waals surface area (Å²) in [6.45, 7) is 2.86. The lowest BCUT2D eigenvalue weighted by molar-refractivity contribution is -0.131. The second kappa shape index (κ2) is 6.62. The van der Waals surface area contributed by atoms with E-state index in [4.69, 9.17) is 5.11 Å². The van der Waals surface area contributed by atoms with Gasteiger partial charge in [-0.05, 0) is 25.7 Å². The Bertz CT molecular complexity index is 220. The van der Waals surface area contributed by atoms with Crippen molar-refractivity contribution in [3.8, 4) is 0 Å². The first-order valence-corrected chi connectivity index (χ1v) is 5.83. The lowest BCUT2D eigenvalue weighted by Crippen LogP contribution is -2.34. The maximum Gasteiger partial charge on any atom is 0.328 e. The Morgan fingerprint density at radius 3 is 2.73 bits per heavy atom. The molecular weight excluding hydrogens is 190 g/mol. The SMILES string of the molecule is C[C@@H](NC/C=C/C(=O)O)C1CCCCC1. The maximum absolute atomic E-state index is 10.2. The minimum atomic E-state index is -0.873. The molecule has 0 aromatic rings. The summed E-state index contributed by atoms with van der Waals surface area (Å²) in [6, 6.07) is 0.503. The number of aliphatic carboxylic acids is 1. The number of rotatable bonds is 5. The van der Waals surface area contributed by atoms with Crippen LogP contribution in [0.1, 0.15) is 39.0 Å². The number of carboxylic acid groups (broad SMARTS) is 1. The minimum absolute atomic E-state index is 0.503. The Hall–Kier alpha value is -0.830. The van der Waals surface area contributed by atoms with Gasteiger partial charge >= 0.3 is 5.97 Å². The third-order valence-corrected chi connectivity index (χ3v) is 3.18. The van der Waals surface area contributed by atoms with Gasteiger partial charge < -0.3 is 10.4 Å². The average molecular weight is 211 g/mol. The van der Waals surface area contributed by atoms with Crippen LogP contribution in [0.25, 0.3) is 0 Å². The van der Waals surface area contributed by atoms with Crippen LogP contribution in [-0.4, -0.2) is 23.7 Å². The molecule has 2 N–H and O–H groups in total. The molecule has 0 radical (unpaired) electrons. The van der Waals surface area contributed by atoms with Gasteiger partial charge in [0.25, 0.3) is 0 Å². The molecule has 3 nitrogen and oxygen atoms in total. The first kappa shape index (κ1) is 12.2. The normalized spacial score (nSPS) is 20.6. The molecule has 1 atom stereocenters. The zero-order valence-corrected chi connectivity index (χ0v) is 9.41. The summed E-state index contributed by atoms with van der Waals surface area (Å²) >= 11 is 0. The van der Waals surface area contributed by atoms with E-state index < -0.39 is 5.97 Å². The molecule has 1 fully saturated rings. The fourth-order valence-electron chi connectivity index (χ4n) is 2.21. The topological polar surface area (TPSA) is 49.3 Å². The molecule has 0 amide bonds. The lowest BCUT2D eigenvalue weighted by atomic mass is 9.84. The molecular formula is C12H21NO2. The van der Waals surface area contributed by atoms with Gasteiger partial charge in [0.05, 0.1) is 0 Å². The van der Waals surface area contributed by atoms with Crippen molar-refractivity contribution in [1.29, 1.82) is 0 Å².